The molecule has 19 heavy (non-hydrogen) atoms. The molecule has 0 saturated heterocycles. The van der Waals surface area contributed by atoms with Gasteiger partial charge in [0.05, 0.1) is 5.02 Å². The fraction of sp³-hybridized carbons (Fsp3) is 0.133. The minimum atomic E-state index is 0.328. The Kier molecular flexibility index (Phi) is 3.99. The molecule has 4 heteroatoms. The molecule has 0 aliphatic rings. The largest absolute Gasteiger partial charge is 0.456 e. The van der Waals surface area contributed by atoms with Gasteiger partial charge in [-0.05, 0) is 49.2 Å². The van der Waals surface area contributed by atoms with Crippen LogP contribution in [0.3, 0.4) is 0 Å². The molecule has 0 spiro atoms. The summed E-state index contributed by atoms with van der Waals surface area (Å²) in [5, 5.41) is 10.2. The Labute approximate surface area is 122 Å². The first-order valence-electron chi connectivity index (χ1n) is 5.66. The van der Waals surface area contributed by atoms with Crippen LogP contribution in [0.2, 0.25) is 10.0 Å². The Balaban J connectivity index is 2.43. The van der Waals surface area contributed by atoms with Gasteiger partial charge in [-0.15, -0.1) is 0 Å². The van der Waals surface area contributed by atoms with Crippen molar-refractivity contribution in [1.29, 1.82) is 5.26 Å². The molecule has 0 N–H and O–H groups in total. The fourth-order valence-electron chi connectivity index (χ4n) is 1.79. The van der Waals surface area contributed by atoms with Crippen molar-refractivity contribution < 1.29 is 4.74 Å². The minimum Gasteiger partial charge on any atom is -0.456 e. The number of hydrogen-bond acceptors (Lipinski definition) is 2. The molecule has 2 rings (SSSR count). The van der Waals surface area contributed by atoms with Crippen molar-refractivity contribution in [3.05, 3.63) is 57.1 Å². The number of benzene rings is 2. The lowest BCUT2D eigenvalue weighted by Gasteiger charge is -2.11. The number of nitriles is 1. The molecule has 2 nitrogen and oxygen atoms in total. The average Bonchev–Trinajstić information content (AvgIpc) is 2.36. The van der Waals surface area contributed by atoms with Gasteiger partial charge < -0.3 is 4.74 Å². The summed E-state index contributed by atoms with van der Waals surface area (Å²) in [4.78, 5) is 0. The number of rotatable bonds is 2. The fourth-order valence-corrected chi connectivity index (χ4v) is 2.11. The van der Waals surface area contributed by atoms with E-state index >= 15 is 0 Å². The van der Waals surface area contributed by atoms with Gasteiger partial charge in [0.2, 0.25) is 0 Å². The standard InChI is InChI=1S/C15H11Cl2NO/c1-9-6-11(7-10(2)15(9)17)19-14-5-3-4-13(16)12(14)8-18/h3-7H,1-2H3. The summed E-state index contributed by atoms with van der Waals surface area (Å²) in [6, 6.07) is 10.8. The lowest BCUT2D eigenvalue weighted by molar-refractivity contribution is 0.480. The molecular weight excluding hydrogens is 281 g/mol. The molecule has 0 saturated carbocycles. The highest BCUT2D eigenvalue weighted by atomic mass is 35.5. The molecule has 0 radical (unpaired) electrons. The zero-order valence-corrected chi connectivity index (χ0v) is 12.0. The molecule has 0 aromatic heterocycles. The third kappa shape index (κ3) is 2.84. The summed E-state index contributed by atoms with van der Waals surface area (Å²) in [5.74, 6) is 1.08. The summed E-state index contributed by atoms with van der Waals surface area (Å²) in [7, 11) is 0. The predicted molar refractivity (Wildman–Crippen MR) is 77.2 cm³/mol. The van der Waals surface area contributed by atoms with Gasteiger partial charge in [-0.1, -0.05) is 29.3 Å². The average molecular weight is 292 g/mol. The van der Waals surface area contributed by atoms with E-state index in [4.69, 9.17) is 33.2 Å². The highest BCUT2D eigenvalue weighted by Crippen LogP contribution is 2.32. The van der Waals surface area contributed by atoms with Crippen molar-refractivity contribution in [2.24, 2.45) is 0 Å². The highest BCUT2D eigenvalue weighted by molar-refractivity contribution is 6.32. The van der Waals surface area contributed by atoms with Gasteiger partial charge in [-0.25, -0.2) is 0 Å². The quantitative estimate of drug-likeness (QED) is 0.755. The smallest absolute Gasteiger partial charge is 0.146 e. The van der Waals surface area contributed by atoms with Crippen molar-refractivity contribution in [2.75, 3.05) is 0 Å². The SMILES string of the molecule is Cc1cc(Oc2cccc(Cl)c2C#N)cc(C)c1Cl. The van der Waals surface area contributed by atoms with Gasteiger partial charge in [0.1, 0.15) is 23.1 Å². The van der Waals surface area contributed by atoms with Gasteiger partial charge in [-0.2, -0.15) is 5.26 Å². The molecule has 0 bridgehead atoms. The number of ether oxygens (including phenoxy) is 1. The van der Waals surface area contributed by atoms with Crippen molar-refractivity contribution in [1.82, 2.24) is 0 Å². The van der Waals surface area contributed by atoms with Crippen molar-refractivity contribution in [2.45, 2.75) is 13.8 Å². The van der Waals surface area contributed by atoms with Crippen molar-refractivity contribution in [3.63, 3.8) is 0 Å². The molecule has 0 amide bonds. The Morgan fingerprint density at radius 3 is 2.32 bits per heavy atom. The van der Waals surface area contributed by atoms with Crippen LogP contribution < -0.4 is 4.74 Å². The Morgan fingerprint density at radius 1 is 1.11 bits per heavy atom. The second-order valence-electron chi connectivity index (χ2n) is 4.20. The van der Waals surface area contributed by atoms with Crippen LogP contribution in [0.25, 0.3) is 0 Å². The van der Waals surface area contributed by atoms with Crippen LogP contribution in [-0.2, 0) is 0 Å². The van der Waals surface area contributed by atoms with E-state index in [2.05, 4.69) is 0 Å². The van der Waals surface area contributed by atoms with Gasteiger partial charge in [-0.3, -0.25) is 0 Å². The van der Waals surface area contributed by atoms with E-state index in [0.29, 0.717) is 22.1 Å². The van der Waals surface area contributed by atoms with E-state index in [1.165, 1.54) is 0 Å². The molecule has 0 atom stereocenters. The number of aryl methyl sites for hydroxylation is 2. The van der Waals surface area contributed by atoms with Crippen LogP contribution in [0, 0.1) is 25.2 Å². The Hall–Kier alpha value is -1.69. The van der Waals surface area contributed by atoms with E-state index in [-0.39, 0.29) is 0 Å². The topological polar surface area (TPSA) is 33.0 Å². The lowest BCUT2D eigenvalue weighted by Crippen LogP contribution is -1.91. The Morgan fingerprint density at radius 2 is 1.74 bits per heavy atom. The molecule has 2 aromatic carbocycles. The molecular formula is C15H11Cl2NO. The summed E-state index contributed by atoms with van der Waals surface area (Å²) in [6.07, 6.45) is 0. The second-order valence-corrected chi connectivity index (χ2v) is 4.98. The zero-order valence-electron chi connectivity index (χ0n) is 10.5. The normalized spacial score (nSPS) is 10.1. The lowest BCUT2D eigenvalue weighted by atomic mass is 10.1. The van der Waals surface area contributed by atoms with Crippen LogP contribution in [-0.4, -0.2) is 0 Å². The maximum absolute atomic E-state index is 9.10. The van der Waals surface area contributed by atoms with Gasteiger partial charge in [0.15, 0.2) is 0 Å². The van der Waals surface area contributed by atoms with Crippen LogP contribution in [0.5, 0.6) is 11.5 Å². The van der Waals surface area contributed by atoms with E-state index in [0.717, 1.165) is 16.1 Å². The van der Waals surface area contributed by atoms with Crippen LogP contribution in [0.1, 0.15) is 16.7 Å². The van der Waals surface area contributed by atoms with Gasteiger partial charge in [0.25, 0.3) is 0 Å². The minimum absolute atomic E-state index is 0.328. The molecule has 0 heterocycles. The second kappa shape index (κ2) is 5.52. The molecule has 96 valence electrons. The van der Waals surface area contributed by atoms with E-state index in [1.807, 2.05) is 32.0 Å². The van der Waals surface area contributed by atoms with E-state index < -0.39 is 0 Å². The van der Waals surface area contributed by atoms with Crippen LogP contribution in [0.15, 0.2) is 30.3 Å². The molecule has 0 fully saturated rings. The number of hydrogen-bond donors (Lipinski definition) is 0. The summed E-state index contributed by atoms with van der Waals surface area (Å²) >= 11 is 12.1. The number of nitrogens with zero attached hydrogens (tertiary/aromatic N) is 1. The number of halogens is 2. The highest BCUT2D eigenvalue weighted by Gasteiger charge is 2.10. The van der Waals surface area contributed by atoms with Gasteiger partial charge >= 0.3 is 0 Å². The zero-order chi connectivity index (χ0) is 14.0. The first-order chi connectivity index (χ1) is 9.02. The van der Waals surface area contributed by atoms with E-state index in [1.54, 1.807) is 18.2 Å². The molecule has 0 aliphatic heterocycles. The van der Waals surface area contributed by atoms with E-state index in [9.17, 15) is 0 Å². The van der Waals surface area contributed by atoms with Crippen molar-refractivity contribution >= 4 is 23.2 Å². The summed E-state index contributed by atoms with van der Waals surface area (Å²) < 4.78 is 5.73. The Bertz CT molecular complexity index is 651. The first-order valence-corrected chi connectivity index (χ1v) is 6.41. The van der Waals surface area contributed by atoms with Crippen molar-refractivity contribution in [3.8, 4) is 17.6 Å². The molecule has 2 aromatic rings. The third-order valence-corrected chi connectivity index (χ3v) is 3.64. The van der Waals surface area contributed by atoms with Gasteiger partial charge in [0, 0.05) is 5.02 Å². The third-order valence-electron chi connectivity index (χ3n) is 2.72. The monoisotopic (exact) mass is 291 g/mol. The summed E-state index contributed by atoms with van der Waals surface area (Å²) in [5.41, 5.74) is 2.18. The summed E-state index contributed by atoms with van der Waals surface area (Å²) in [6.45, 7) is 3.82. The maximum Gasteiger partial charge on any atom is 0.146 e. The van der Waals surface area contributed by atoms with Crippen LogP contribution in [0.4, 0.5) is 0 Å². The molecule has 0 aliphatic carbocycles. The molecule has 0 unspecified atom stereocenters. The maximum atomic E-state index is 9.10. The first kappa shape index (κ1) is 13.7. The predicted octanol–water partition coefficient (Wildman–Crippen LogP) is 5.27. The van der Waals surface area contributed by atoms with Crippen LogP contribution >= 0.6 is 23.2 Å².